The monoisotopic (exact) mass is 417 g/mol. The normalized spacial score (nSPS) is 22.8. The minimum absolute atomic E-state index is 0.0446. The first-order chi connectivity index (χ1) is 15.0. The summed E-state index contributed by atoms with van der Waals surface area (Å²) in [7, 11) is 0. The zero-order valence-electron chi connectivity index (χ0n) is 17.9. The maximum atomic E-state index is 13.2. The Hall–Kier alpha value is -3.15. The molecule has 1 aromatic heterocycles. The first-order valence-electron chi connectivity index (χ1n) is 11.0. The van der Waals surface area contributed by atoms with E-state index in [2.05, 4.69) is 41.4 Å². The van der Waals surface area contributed by atoms with Crippen molar-refractivity contribution in [3.63, 3.8) is 0 Å². The number of aromatic nitrogens is 2. The van der Waals surface area contributed by atoms with Crippen LogP contribution in [0, 0.1) is 0 Å². The smallest absolute Gasteiger partial charge is 0.315 e. The summed E-state index contributed by atoms with van der Waals surface area (Å²) in [6, 6.07) is 8.38. The van der Waals surface area contributed by atoms with Crippen molar-refractivity contribution in [3.05, 3.63) is 81.1 Å². The summed E-state index contributed by atoms with van der Waals surface area (Å²) in [5, 5.41) is 10.5. The molecule has 3 aliphatic rings. The highest BCUT2D eigenvalue weighted by Crippen LogP contribution is 2.44. The van der Waals surface area contributed by atoms with Crippen molar-refractivity contribution in [2.24, 2.45) is 0 Å². The Bertz CT molecular complexity index is 1170. The maximum absolute atomic E-state index is 13.2. The number of aromatic hydroxyl groups is 1. The minimum atomic E-state index is -0.759. The van der Waals surface area contributed by atoms with Crippen molar-refractivity contribution in [1.29, 1.82) is 0 Å². The summed E-state index contributed by atoms with van der Waals surface area (Å²) >= 11 is 0. The van der Waals surface area contributed by atoms with Gasteiger partial charge in [-0.15, -0.1) is 0 Å². The molecule has 2 heterocycles. The Labute approximate surface area is 181 Å². The number of hydrogen-bond donors (Lipinski definition) is 1. The van der Waals surface area contributed by atoms with Crippen molar-refractivity contribution in [3.8, 4) is 5.75 Å². The molecule has 1 N–H and O–H groups in total. The quantitative estimate of drug-likeness (QED) is 0.808. The summed E-state index contributed by atoms with van der Waals surface area (Å²) in [4.78, 5) is 30.9. The lowest BCUT2D eigenvalue weighted by Gasteiger charge is -2.41. The number of nitrogens with zero attached hydrogens (tertiary/aromatic N) is 3. The van der Waals surface area contributed by atoms with Crippen molar-refractivity contribution in [2.45, 2.75) is 57.5 Å². The van der Waals surface area contributed by atoms with Gasteiger partial charge < -0.3 is 14.6 Å². The predicted molar refractivity (Wildman–Crippen MR) is 118 cm³/mol. The molecule has 0 saturated carbocycles. The number of hydrogen-bond acceptors (Lipinski definition) is 4. The van der Waals surface area contributed by atoms with Crippen LogP contribution in [-0.2, 0) is 6.42 Å². The summed E-state index contributed by atoms with van der Waals surface area (Å²) < 4.78 is 1.75. The van der Waals surface area contributed by atoms with Gasteiger partial charge in [-0.05, 0) is 56.2 Å². The van der Waals surface area contributed by atoms with Crippen molar-refractivity contribution >= 4 is 5.91 Å². The fourth-order valence-electron chi connectivity index (χ4n) is 5.35. The summed E-state index contributed by atoms with van der Waals surface area (Å²) in [6.45, 7) is 4.44. The molecule has 0 saturated heterocycles. The van der Waals surface area contributed by atoms with E-state index in [1.165, 1.54) is 28.6 Å². The van der Waals surface area contributed by atoms with Crippen LogP contribution in [0.5, 0.6) is 5.75 Å². The predicted octanol–water partition coefficient (Wildman–Crippen LogP) is 3.73. The first-order valence-corrected chi connectivity index (χ1v) is 11.0. The van der Waals surface area contributed by atoms with Gasteiger partial charge in [-0.2, -0.15) is 4.98 Å². The van der Waals surface area contributed by atoms with Gasteiger partial charge in [0.25, 0.3) is 5.91 Å². The van der Waals surface area contributed by atoms with Crippen LogP contribution in [0.25, 0.3) is 0 Å². The lowest BCUT2D eigenvalue weighted by atomic mass is 9.83. The average Bonchev–Trinajstić information content (AvgIpc) is 2.93. The second-order valence-electron chi connectivity index (χ2n) is 9.03. The van der Waals surface area contributed by atoms with E-state index in [1.807, 2.05) is 13.8 Å². The van der Waals surface area contributed by atoms with Crippen molar-refractivity contribution in [1.82, 2.24) is 14.5 Å². The van der Waals surface area contributed by atoms with Gasteiger partial charge in [0.1, 0.15) is 0 Å². The molecule has 0 radical (unpaired) electrons. The van der Waals surface area contributed by atoms with Crippen LogP contribution in [0.15, 0.2) is 58.7 Å². The summed E-state index contributed by atoms with van der Waals surface area (Å²) in [5.41, 5.74) is 4.76. The molecule has 6 heteroatoms. The Morgan fingerprint density at radius 2 is 2.00 bits per heavy atom. The van der Waals surface area contributed by atoms with Gasteiger partial charge in [0.15, 0.2) is 5.69 Å². The van der Waals surface area contributed by atoms with Crippen molar-refractivity contribution in [2.75, 3.05) is 6.54 Å². The molecule has 31 heavy (non-hydrogen) atoms. The molecule has 6 nitrogen and oxygen atoms in total. The fraction of sp³-hybridized carbons (Fsp3) is 0.400. The molecule has 2 aliphatic carbocycles. The zero-order valence-corrected chi connectivity index (χ0v) is 17.9. The molecular weight excluding hydrogens is 390 g/mol. The van der Waals surface area contributed by atoms with Crippen LogP contribution < -0.4 is 5.56 Å². The van der Waals surface area contributed by atoms with E-state index in [0.29, 0.717) is 6.54 Å². The van der Waals surface area contributed by atoms with E-state index in [-0.39, 0.29) is 29.6 Å². The number of rotatable bonds is 2. The van der Waals surface area contributed by atoms with Crippen LogP contribution in [0.4, 0.5) is 0 Å². The van der Waals surface area contributed by atoms with Gasteiger partial charge in [0.05, 0.1) is 12.4 Å². The topological polar surface area (TPSA) is 75.4 Å². The number of fused-ring (bicyclic) bond motifs is 2. The number of amides is 1. The van der Waals surface area contributed by atoms with Crippen LogP contribution in [0.1, 0.15) is 66.7 Å². The summed E-state index contributed by atoms with van der Waals surface area (Å²) in [5.74, 6) is -0.770. The SMILES string of the molecule is CC(C)N1C[C@H](C2CC3=C(CCC=C3)Cc3ccccc32)n2cnc(=O)c(O)c2C1=O. The fourth-order valence-corrected chi connectivity index (χ4v) is 5.35. The second-order valence-corrected chi connectivity index (χ2v) is 9.03. The Balaban J connectivity index is 1.70. The molecule has 0 spiro atoms. The number of carbonyl (C=O) groups is 1. The third-order valence-electron chi connectivity index (χ3n) is 6.96. The average molecular weight is 418 g/mol. The number of benzene rings is 1. The lowest BCUT2D eigenvalue weighted by Crippen LogP contribution is -2.49. The molecule has 1 aromatic carbocycles. The zero-order chi connectivity index (χ0) is 21.7. The van der Waals surface area contributed by atoms with Gasteiger partial charge >= 0.3 is 5.56 Å². The van der Waals surface area contributed by atoms with Gasteiger partial charge in [0.2, 0.25) is 5.75 Å². The third kappa shape index (κ3) is 3.21. The highest BCUT2D eigenvalue weighted by Gasteiger charge is 2.40. The molecular formula is C25H27N3O3. The van der Waals surface area contributed by atoms with Gasteiger partial charge in [0, 0.05) is 18.5 Å². The van der Waals surface area contributed by atoms with E-state index in [1.54, 1.807) is 9.47 Å². The third-order valence-corrected chi connectivity index (χ3v) is 6.96. The Kier molecular flexibility index (Phi) is 4.80. The van der Waals surface area contributed by atoms with Crippen LogP contribution in [0.3, 0.4) is 0 Å². The number of carbonyl (C=O) groups excluding carboxylic acids is 1. The molecule has 1 amide bonds. The lowest BCUT2D eigenvalue weighted by molar-refractivity contribution is 0.0577. The molecule has 2 aromatic rings. The van der Waals surface area contributed by atoms with E-state index in [4.69, 9.17) is 0 Å². The van der Waals surface area contributed by atoms with Gasteiger partial charge in [-0.1, -0.05) is 42.0 Å². The van der Waals surface area contributed by atoms with Gasteiger partial charge in [-0.25, -0.2) is 0 Å². The van der Waals surface area contributed by atoms with E-state index in [9.17, 15) is 14.7 Å². The Morgan fingerprint density at radius 3 is 2.81 bits per heavy atom. The van der Waals surface area contributed by atoms with E-state index >= 15 is 0 Å². The van der Waals surface area contributed by atoms with Crippen LogP contribution in [-0.4, -0.2) is 38.1 Å². The van der Waals surface area contributed by atoms with E-state index < -0.39 is 11.3 Å². The molecule has 2 atom stereocenters. The molecule has 160 valence electrons. The van der Waals surface area contributed by atoms with E-state index in [0.717, 1.165) is 25.7 Å². The molecule has 5 rings (SSSR count). The highest BCUT2D eigenvalue weighted by atomic mass is 16.3. The van der Waals surface area contributed by atoms with Gasteiger partial charge in [-0.3, -0.25) is 9.59 Å². The maximum Gasteiger partial charge on any atom is 0.315 e. The molecule has 0 bridgehead atoms. The molecule has 0 fully saturated rings. The largest absolute Gasteiger partial charge is 0.501 e. The molecule has 1 unspecified atom stereocenters. The first kappa shape index (κ1) is 19.8. The van der Waals surface area contributed by atoms with Crippen molar-refractivity contribution < 1.29 is 9.90 Å². The van der Waals surface area contributed by atoms with Crippen LogP contribution >= 0.6 is 0 Å². The summed E-state index contributed by atoms with van der Waals surface area (Å²) in [6.07, 6.45) is 9.92. The number of allylic oxidation sites excluding steroid dienone is 4. The van der Waals surface area contributed by atoms with Crippen LogP contribution in [0.2, 0.25) is 0 Å². The second kappa shape index (κ2) is 7.52. The highest BCUT2D eigenvalue weighted by molar-refractivity contribution is 5.96. The Morgan fingerprint density at radius 1 is 1.19 bits per heavy atom. The molecule has 1 aliphatic heterocycles. The standard InChI is InChI=1S/C25H27N3O3/c1-15(2)27-13-21(28-14-26-24(30)23(29)22(28)25(27)31)20-12-17-8-4-3-7-16(17)11-18-9-5-6-10-19(18)20/h4-6,8-10,14-15,20-21,29H,3,7,11-13H2,1-2H3/t20?,21-/m1/s1. The minimum Gasteiger partial charge on any atom is -0.501 e.